The Balaban J connectivity index is 2.02. The van der Waals surface area contributed by atoms with Gasteiger partial charge in [-0.2, -0.15) is 0 Å². The molecule has 0 spiro atoms. The average Bonchev–Trinajstić information content (AvgIpc) is 3.07. The predicted octanol–water partition coefficient (Wildman–Crippen LogP) is 3.65. The number of hydrogen-bond acceptors (Lipinski definition) is 4. The molecule has 1 aromatic heterocycles. The molecular weight excluding hydrogens is 401 g/mol. The van der Waals surface area contributed by atoms with Crippen LogP contribution in [0, 0.1) is 5.82 Å². The van der Waals surface area contributed by atoms with Crippen LogP contribution in [0.1, 0.15) is 17.7 Å². The second kappa shape index (κ2) is 8.05. The van der Waals surface area contributed by atoms with Crippen molar-refractivity contribution in [3.8, 4) is 0 Å². The fraction of sp³-hybridized carbons (Fsp3) is 0.316. The van der Waals surface area contributed by atoms with E-state index in [1.54, 1.807) is 23.8 Å². The SMILES string of the molecule is C=C(NCCOC)c1c(Nc2ccc(Br)cc2F)cc(=O)n2c1CCC2. The number of rotatable bonds is 7. The van der Waals surface area contributed by atoms with Crippen molar-refractivity contribution in [3.63, 3.8) is 0 Å². The second-order valence-corrected chi connectivity index (χ2v) is 7.04. The molecule has 1 aromatic carbocycles. The normalized spacial score (nSPS) is 12.7. The van der Waals surface area contributed by atoms with Crippen LogP contribution in [0.2, 0.25) is 0 Å². The van der Waals surface area contributed by atoms with Crippen LogP contribution in [-0.2, 0) is 17.7 Å². The maximum absolute atomic E-state index is 14.3. The van der Waals surface area contributed by atoms with Crippen molar-refractivity contribution < 1.29 is 9.13 Å². The van der Waals surface area contributed by atoms with E-state index < -0.39 is 5.82 Å². The van der Waals surface area contributed by atoms with Crippen LogP contribution in [0.5, 0.6) is 0 Å². The van der Waals surface area contributed by atoms with Gasteiger partial charge in [-0.25, -0.2) is 4.39 Å². The minimum atomic E-state index is -0.399. The molecule has 2 N–H and O–H groups in total. The smallest absolute Gasteiger partial charge is 0.252 e. The highest BCUT2D eigenvalue weighted by atomic mass is 79.9. The highest BCUT2D eigenvalue weighted by molar-refractivity contribution is 9.10. The molecule has 5 nitrogen and oxygen atoms in total. The molecule has 0 unspecified atom stereocenters. The lowest BCUT2D eigenvalue weighted by molar-refractivity contribution is 0.203. The Labute approximate surface area is 160 Å². The van der Waals surface area contributed by atoms with E-state index in [9.17, 15) is 9.18 Å². The van der Waals surface area contributed by atoms with Crippen LogP contribution in [0.15, 0.2) is 40.1 Å². The summed E-state index contributed by atoms with van der Waals surface area (Å²) >= 11 is 3.25. The zero-order chi connectivity index (χ0) is 18.7. The molecule has 7 heteroatoms. The van der Waals surface area contributed by atoms with Crippen molar-refractivity contribution in [2.45, 2.75) is 19.4 Å². The van der Waals surface area contributed by atoms with Gasteiger partial charge in [0, 0.05) is 47.7 Å². The van der Waals surface area contributed by atoms with Crippen molar-refractivity contribution in [1.82, 2.24) is 9.88 Å². The van der Waals surface area contributed by atoms with Crippen LogP contribution < -0.4 is 16.2 Å². The van der Waals surface area contributed by atoms with Crippen LogP contribution in [0.3, 0.4) is 0 Å². The molecule has 0 bridgehead atoms. The van der Waals surface area contributed by atoms with Gasteiger partial charge in [-0.3, -0.25) is 4.79 Å². The van der Waals surface area contributed by atoms with E-state index in [-0.39, 0.29) is 5.56 Å². The molecule has 1 aliphatic rings. The van der Waals surface area contributed by atoms with Crippen LogP contribution in [0.4, 0.5) is 15.8 Å². The van der Waals surface area contributed by atoms with E-state index in [2.05, 4.69) is 33.1 Å². The first-order chi connectivity index (χ1) is 12.5. The molecule has 0 aliphatic carbocycles. The topological polar surface area (TPSA) is 55.3 Å². The molecule has 138 valence electrons. The number of fused-ring (bicyclic) bond motifs is 1. The molecule has 0 saturated heterocycles. The zero-order valence-electron chi connectivity index (χ0n) is 14.6. The maximum Gasteiger partial charge on any atom is 0.252 e. The molecule has 0 radical (unpaired) electrons. The summed E-state index contributed by atoms with van der Waals surface area (Å²) in [7, 11) is 1.63. The van der Waals surface area contributed by atoms with Gasteiger partial charge in [-0.15, -0.1) is 0 Å². The average molecular weight is 422 g/mol. The molecule has 2 aromatic rings. The number of halogens is 2. The van der Waals surface area contributed by atoms with Gasteiger partial charge >= 0.3 is 0 Å². The molecular formula is C19H21BrFN3O2. The molecule has 3 rings (SSSR count). The van der Waals surface area contributed by atoms with Gasteiger partial charge in [0.2, 0.25) is 0 Å². The fourth-order valence-electron chi connectivity index (χ4n) is 3.17. The minimum Gasteiger partial charge on any atom is -0.383 e. The van der Waals surface area contributed by atoms with Gasteiger partial charge < -0.3 is 19.9 Å². The number of nitrogens with one attached hydrogen (secondary N) is 2. The van der Waals surface area contributed by atoms with Crippen molar-refractivity contribution >= 4 is 33.0 Å². The Morgan fingerprint density at radius 2 is 2.19 bits per heavy atom. The fourth-order valence-corrected chi connectivity index (χ4v) is 3.50. The number of ether oxygens (including phenoxy) is 1. The first-order valence-electron chi connectivity index (χ1n) is 8.42. The second-order valence-electron chi connectivity index (χ2n) is 6.12. The lowest BCUT2D eigenvalue weighted by Crippen LogP contribution is -2.24. The molecule has 0 amide bonds. The van der Waals surface area contributed by atoms with Gasteiger partial charge in [-0.05, 0) is 31.0 Å². The number of aromatic nitrogens is 1. The summed E-state index contributed by atoms with van der Waals surface area (Å²) in [6.45, 7) is 5.95. The van der Waals surface area contributed by atoms with E-state index in [0.29, 0.717) is 41.2 Å². The van der Waals surface area contributed by atoms with Crippen LogP contribution in [-0.4, -0.2) is 24.8 Å². The molecule has 1 aliphatic heterocycles. The van der Waals surface area contributed by atoms with Crippen molar-refractivity contribution in [1.29, 1.82) is 0 Å². The monoisotopic (exact) mass is 421 g/mol. The zero-order valence-corrected chi connectivity index (χ0v) is 16.2. The number of nitrogens with zero attached hydrogens (tertiary/aromatic N) is 1. The lowest BCUT2D eigenvalue weighted by atomic mass is 10.1. The number of hydrogen-bond donors (Lipinski definition) is 2. The standard InChI is InChI=1S/C19H21BrFN3O2/c1-12(22-7-9-26-2)19-16(11-18(25)24-8-3-4-17(19)24)23-15-6-5-13(20)10-14(15)21/h5-6,10-11,22-23H,1,3-4,7-9H2,2H3. The van der Waals surface area contributed by atoms with Gasteiger partial charge in [0.25, 0.3) is 5.56 Å². The maximum atomic E-state index is 14.3. The Kier molecular flexibility index (Phi) is 5.78. The Morgan fingerprint density at radius 3 is 2.92 bits per heavy atom. The number of pyridine rings is 1. The van der Waals surface area contributed by atoms with Gasteiger partial charge in [-0.1, -0.05) is 22.5 Å². The van der Waals surface area contributed by atoms with Crippen molar-refractivity contribution in [2.24, 2.45) is 0 Å². The third kappa shape index (κ3) is 3.83. The molecule has 0 saturated carbocycles. The minimum absolute atomic E-state index is 0.0917. The van der Waals surface area contributed by atoms with Gasteiger partial charge in [0.1, 0.15) is 5.82 Å². The van der Waals surface area contributed by atoms with E-state index >= 15 is 0 Å². The molecule has 0 atom stereocenters. The van der Waals surface area contributed by atoms with E-state index in [4.69, 9.17) is 4.74 Å². The summed E-state index contributed by atoms with van der Waals surface area (Å²) in [5, 5.41) is 6.29. The predicted molar refractivity (Wildman–Crippen MR) is 105 cm³/mol. The van der Waals surface area contributed by atoms with Crippen molar-refractivity contribution in [2.75, 3.05) is 25.6 Å². The van der Waals surface area contributed by atoms with E-state index in [0.717, 1.165) is 24.1 Å². The quantitative estimate of drug-likeness (QED) is 0.669. The van der Waals surface area contributed by atoms with E-state index in [1.807, 2.05) is 0 Å². The van der Waals surface area contributed by atoms with E-state index in [1.165, 1.54) is 12.1 Å². The summed E-state index contributed by atoms with van der Waals surface area (Å²) in [5.74, 6) is -0.399. The summed E-state index contributed by atoms with van der Waals surface area (Å²) in [5.41, 5.74) is 3.20. The van der Waals surface area contributed by atoms with Gasteiger partial charge in [0.05, 0.1) is 18.0 Å². The first-order valence-corrected chi connectivity index (χ1v) is 9.21. The van der Waals surface area contributed by atoms with Crippen molar-refractivity contribution in [3.05, 3.63) is 62.7 Å². The molecule has 26 heavy (non-hydrogen) atoms. The summed E-state index contributed by atoms with van der Waals surface area (Å²) in [6.07, 6.45) is 1.69. The summed E-state index contributed by atoms with van der Waals surface area (Å²) in [4.78, 5) is 12.4. The number of benzene rings is 1. The Bertz CT molecular complexity index is 895. The number of methoxy groups -OCH3 is 1. The third-order valence-corrected chi connectivity index (χ3v) is 4.85. The summed E-state index contributed by atoms with van der Waals surface area (Å²) < 4.78 is 21.7. The first kappa shape index (κ1) is 18.7. The summed E-state index contributed by atoms with van der Waals surface area (Å²) in [6, 6.07) is 6.27. The highest BCUT2D eigenvalue weighted by Gasteiger charge is 2.22. The van der Waals surface area contributed by atoms with Crippen LogP contribution in [0.25, 0.3) is 5.70 Å². The van der Waals surface area contributed by atoms with Crippen LogP contribution >= 0.6 is 15.9 Å². The molecule has 0 fully saturated rings. The Hall–Kier alpha value is -2.12. The Morgan fingerprint density at radius 1 is 1.38 bits per heavy atom. The lowest BCUT2D eigenvalue weighted by Gasteiger charge is -2.20. The molecule has 2 heterocycles. The third-order valence-electron chi connectivity index (χ3n) is 4.36. The largest absolute Gasteiger partial charge is 0.383 e. The number of anilines is 2. The highest BCUT2D eigenvalue weighted by Crippen LogP contribution is 2.31. The van der Waals surface area contributed by atoms with Gasteiger partial charge in [0.15, 0.2) is 0 Å².